The fraction of sp³-hybridized carbons (Fsp3) is 0. The van der Waals surface area contributed by atoms with Crippen molar-refractivity contribution in [3.05, 3.63) is 73.8 Å². The third kappa shape index (κ3) is 42.7. The highest BCUT2D eigenvalue weighted by Gasteiger charge is 1.66. The quantitative estimate of drug-likeness (QED) is 0.126. The Morgan fingerprint density at radius 3 is 0.607 bits per heavy atom. The molecule has 0 unspecified atom stereocenters. The number of hydrogen-bond acceptors (Lipinski definition) is 0. The molecule has 0 bridgehead atoms. The molecule has 8 nitrogen and oxygen atoms in total. The Morgan fingerprint density at radius 2 is 0.571 bits per heavy atom. The van der Waals surface area contributed by atoms with Crippen molar-refractivity contribution in [1.29, 1.82) is 0 Å². The molecule has 0 aliphatic rings. The second-order valence-corrected chi connectivity index (χ2v) is 3.26. The molecule has 164 valence electrons. The fourth-order valence-corrected chi connectivity index (χ4v) is 0.962. The van der Waals surface area contributed by atoms with Gasteiger partial charge in [0.25, 0.3) is 0 Å². The summed E-state index contributed by atoms with van der Waals surface area (Å²) in [5.41, 5.74) is 0. The van der Waals surface area contributed by atoms with E-state index in [2.05, 4.69) is 115 Å². The summed E-state index contributed by atoms with van der Waals surface area (Å²) in [6.45, 7) is 0. The molecule has 4 rings (SSSR count). The average Bonchev–Trinajstić information content (AvgIpc) is 3.48. The number of hydrogen-bond donors (Lipinski definition) is 4. The molecule has 4 aromatic rings. The first-order chi connectivity index (χ1) is 12.0. The lowest BCUT2D eigenvalue weighted by Crippen LogP contribution is -3.00. The van der Waals surface area contributed by atoms with Gasteiger partial charge < -0.3 is 95.9 Å². The van der Waals surface area contributed by atoms with Crippen LogP contribution in [0.1, 0.15) is 0 Å². The third-order valence-electron chi connectivity index (χ3n) is 1.77. The molecule has 0 amide bonds. The van der Waals surface area contributed by atoms with E-state index in [-0.39, 0.29) is 95.9 Å². The summed E-state index contributed by atoms with van der Waals surface area (Å²) in [7, 11) is 0. The molecular weight excluding hydrogens is 1270 g/mol. The van der Waals surface area contributed by atoms with Gasteiger partial charge in [0.2, 0.25) is 0 Å². The van der Waals surface area contributed by atoms with E-state index in [4.69, 9.17) is 0 Å². The molecular formula is C12H20I8N8. The van der Waals surface area contributed by atoms with Gasteiger partial charge in [-0.05, 0) is 0 Å². The van der Waals surface area contributed by atoms with Crippen molar-refractivity contribution in [2.75, 3.05) is 0 Å². The Morgan fingerprint density at radius 1 is 0.393 bits per heavy atom. The molecule has 0 fully saturated rings. The van der Waals surface area contributed by atoms with Crippen molar-refractivity contribution in [2.24, 2.45) is 0 Å². The zero-order valence-electron chi connectivity index (χ0n) is 14.0. The van der Waals surface area contributed by atoms with Gasteiger partial charge in [-0.2, -0.15) is 20.4 Å². The van der Waals surface area contributed by atoms with Crippen LogP contribution in [0.2, 0.25) is 0 Å². The molecule has 4 aromatic heterocycles. The van der Waals surface area contributed by atoms with Crippen molar-refractivity contribution < 1.29 is 116 Å². The van der Waals surface area contributed by atoms with Gasteiger partial charge >= 0.3 is 0 Å². The molecule has 4 heterocycles. The molecule has 0 spiro atoms. The average molecular weight is 1290 g/mol. The van der Waals surface area contributed by atoms with E-state index in [9.17, 15) is 0 Å². The Bertz CT molecular complexity index is 375. The largest absolute Gasteiger partial charge is 1.00 e. The third-order valence-corrected chi connectivity index (χ3v) is 1.77. The van der Waals surface area contributed by atoms with E-state index < -0.39 is 0 Å². The lowest BCUT2D eigenvalue weighted by atomic mass is 10.8. The molecule has 0 aliphatic carbocycles. The Balaban J connectivity index is -0.0000000521. The lowest BCUT2D eigenvalue weighted by Gasteiger charge is -1.41. The number of H-pyrrole nitrogens is 8. The van der Waals surface area contributed by atoms with Gasteiger partial charge in [-0.15, -0.1) is 20.4 Å². The smallest absolute Gasteiger partial charge is 0.192 e. The summed E-state index contributed by atoms with van der Waals surface area (Å²) < 4.78 is 0. The van der Waals surface area contributed by atoms with Gasteiger partial charge in [0.1, 0.15) is 0 Å². The molecule has 8 N–H and O–H groups in total. The topological polar surface area (TPSA) is 120 Å². The first-order valence-electron chi connectivity index (χ1n) is 6.26. The summed E-state index contributed by atoms with van der Waals surface area (Å²) in [6.07, 6.45) is 14.6. The minimum Gasteiger partial charge on any atom is -1.00 e. The van der Waals surface area contributed by atoms with Crippen LogP contribution in [0, 0.1) is 0 Å². The Hall–Kier alpha value is 2.68. The number of rotatable bonds is 0. The molecule has 28 heavy (non-hydrogen) atoms. The van der Waals surface area contributed by atoms with Gasteiger partial charge in [-0.3, -0.25) is 0 Å². The van der Waals surface area contributed by atoms with Crippen LogP contribution in [-0.2, 0) is 0 Å². The van der Waals surface area contributed by atoms with E-state index >= 15 is 0 Å². The van der Waals surface area contributed by atoms with Gasteiger partial charge in [0.15, 0.2) is 24.8 Å². The molecule has 0 aliphatic heterocycles. The molecule has 16 heteroatoms. The summed E-state index contributed by atoms with van der Waals surface area (Å²) in [6, 6.07) is 7.56. The minimum atomic E-state index is 0. The van der Waals surface area contributed by atoms with Crippen LogP contribution < -0.4 is 116 Å². The predicted octanol–water partition coefficient (Wildman–Crippen LogP) is -9.13. The van der Waals surface area contributed by atoms with Crippen LogP contribution in [0.5, 0.6) is 0 Å². The van der Waals surface area contributed by atoms with Crippen molar-refractivity contribution in [1.82, 2.24) is 20.4 Å². The van der Waals surface area contributed by atoms with Crippen LogP contribution in [-0.4, -0.2) is 20.4 Å². The van der Waals surface area contributed by atoms with Crippen LogP contribution in [0.25, 0.3) is 0 Å². The Kier molecular flexibility index (Phi) is 75.2. The van der Waals surface area contributed by atoms with E-state index in [0.717, 1.165) is 0 Å². The summed E-state index contributed by atoms with van der Waals surface area (Å²) in [5.74, 6) is 0. The number of halogens is 8. The summed E-state index contributed by atoms with van der Waals surface area (Å²) >= 11 is 8.48. The standard InChI is InChI=1S/4C3H4N2.2I2.4HI/c4*1-2-4-5-3-1;2*1-2;;;;/h4*1-3H,(H,4,5);;;4*1H. The first kappa shape index (κ1) is 44.4. The van der Waals surface area contributed by atoms with Crippen molar-refractivity contribution in [3.63, 3.8) is 0 Å². The van der Waals surface area contributed by atoms with Gasteiger partial charge in [-0.25, -0.2) is 0 Å². The summed E-state index contributed by atoms with van der Waals surface area (Å²) in [5, 5.41) is 21.9. The van der Waals surface area contributed by atoms with Crippen LogP contribution >= 0.6 is 74.5 Å². The van der Waals surface area contributed by atoms with Gasteiger partial charge in [0, 0.05) is 98.7 Å². The first-order valence-corrected chi connectivity index (χ1v) is 18.8. The van der Waals surface area contributed by atoms with Crippen LogP contribution in [0.3, 0.4) is 0 Å². The van der Waals surface area contributed by atoms with Gasteiger partial charge in [-0.1, -0.05) is 0 Å². The number of aromatic nitrogens is 8. The maximum Gasteiger partial charge on any atom is 0.192 e. The fourth-order valence-electron chi connectivity index (χ4n) is 0.962. The second-order valence-electron chi connectivity index (χ2n) is 3.26. The highest BCUT2D eigenvalue weighted by molar-refractivity contribution is 15.0. The van der Waals surface area contributed by atoms with Crippen molar-refractivity contribution in [2.45, 2.75) is 0 Å². The highest BCUT2D eigenvalue weighted by Crippen LogP contribution is 1.89. The molecule has 0 radical (unpaired) electrons. The van der Waals surface area contributed by atoms with Crippen LogP contribution in [0.15, 0.2) is 73.8 Å². The monoisotopic (exact) mass is 1290 g/mol. The second kappa shape index (κ2) is 47.5. The van der Waals surface area contributed by atoms with Crippen LogP contribution in [0.4, 0.5) is 0 Å². The normalized spacial score (nSPS) is 6.14. The van der Waals surface area contributed by atoms with E-state index in [0.29, 0.717) is 0 Å². The predicted molar refractivity (Wildman–Crippen MR) is 125 cm³/mol. The number of aromatic amines is 8. The summed E-state index contributed by atoms with van der Waals surface area (Å²) in [4.78, 5) is 0. The van der Waals surface area contributed by atoms with Gasteiger partial charge in [0.05, 0.1) is 24.8 Å². The zero-order valence-corrected chi connectivity index (χ0v) is 31.2. The minimum absolute atomic E-state index is 0. The molecule has 0 atom stereocenters. The Labute approximate surface area is 279 Å². The van der Waals surface area contributed by atoms with E-state index in [1.54, 1.807) is 0 Å². The van der Waals surface area contributed by atoms with E-state index in [1.165, 1.54) is 0 Å². The lowest BCUT2D eigenvalue weighted by molar-refractivity contribution is -0.449. The maximum atomic E-state index is 2.74. The molecule has 0 saturated carbocycles. The van der Waals surface area contributed by atoms with Crippen molar-refractivity contribution >= 4 is 74.5 Å². The molecule has 0 saturated heterocycles. The SMILES string of the molecule is II.II.[I-].[I-].[I-].[I-].c1c[nH][nH+]c1.c1c[nH][nH+]c1.c1c[nH][nH+]c1.c1c[nH][nH+]c1. The zero-order chi connectivity index (χ0) is 18.1. The number of nitrogens with one attached hydrogen (secondary N) is 8. The van der Waals surface area contributed by atoms with E-state index in [1.807, 2.05) is 73.8 Å². The van der Waals surface area contributed by atoms with Crippen molar-refractivity contribution in [3.8, 4) is 0 Å². The highest BCUT2D eigenvalue weighted by atomic mass is 128. The maximum absolute atomic E-state index is 2.74. The molecule has 0 aromatic carbocycles.